The van der Waals surface area contributed by atoms with Gasteiger partial charge in [0.1, 0.15) is 0 Å². The van der Waals surface area contributed by atoms with Crippen molar-refractivity contribution in [3.8, 4) is 0 Å². The lowest BCUT2D eigenvalue weighted by Crippen LogP contribution is -2.15. The maximum absolute atomic E-state index is 12.6. The molecule has 0 aliphatic rings. The number of hydrogen-bond acceptors (Lipinski definition) is 5. The van der Waals surface area contributed by atoms with Gasteiger partial charge in [0.2, 0.25) is 5.91 Å². The molecule has 0 radical (unpaired) electrons. The number of rotatable bonds is 6. The molecular formula is C25H23N3O2S2. The monoisotopic (exact) mass is 461 g/mol. The van der Waals surface area contributed by atoms with Gasteiger partial charge in [-0.05, 0) is 61.7 Å². The first-order valence-corrected chi connectivity index (χ1v) is 12.0. The highest BCUT2D eigenvalue weighted by Gasteiger charge is 2.12. The van der Waals surface area contributed by atoms with Crippen molar-refractivity contribution in [2.75, 3.05) is 16.4 Å². The highest BCUT2D eigenvalue weighted by molar-refractivity contribution is 8.01. The largest absolute Gasteiger partial charge is 0.325 e. The Bertz CT molecular complexity index is 1290. The van der Waals surface area contributed by atoms with E-state index in [2.05, 4.69) is 15.6 Å². The predicted octanol–water partition coefficient (Wildman–Crippen LogP) is 6.20. The number of para-hydroxylation sites is 1. The summed E-state index contributed by atoms with van der Waals surface area (Å²) in [7, 11) is 0. The summed E-state index contributed by atoms with van der Waals surface area (Å²) in [5.41, 5.74) is 6.12. The van der Waals surface area contributed by atoms with Crippen LogP contribution in [0.5, 0.6) is 0 Å². The van der Waals surface area contributed by atoms with Gasteiger partial charge in [-0.2, -0.15) is 0 Å². The molecule has 2 amide bonds. The lowest BCUT2D eigenvalue weighted by atomic mass is 10.1. The topological polar surface area (TPSA) is 71.1 Å². The Labute approximate surface area is 195 Å². The third-order valence-electron chi connectivity index (χ3n) is 5.09. The second-order valence-electron chi connectivity index (χ2n) is 7.53. The van der Waals surface area contributed by atoms with Crippen molar-refractivity contribution < 1.29 is 9.59 Å². The van der Waals surface area contributed by atoms with Gasteiger partial charge in [0.05, 0.1) is 16.0 Å². The number of thioether (sulfide) groups is 1. The maximum Gasteiger partial charge on any atom is 0.255 e. The molecule has 0 unspecified atom stereocenters. The van der Waals surface area contributed by atoms with E-state index in [9.17, 15) is 9.59 Å². The molecule has 0 fully saturated rings. The van der Waals surface area contributed by atoms with Crippen LogP contribution in [-0.2, 0) is 4.79 Å². The highest BCUT2D eigenvalue weighted by atomic mass is 32.2. The van der Waals surface area contributed by atoms with Gasteiger partial charge in [-0.15, -0.1) is 11.3 Å². The summed E-state index contributed by atoms with van der Waals surface area (Å²) < 4.78 is 1.78. The zero-order chi connectivity index (χ0) is 22.7. The van der Waals surface area contributed by atoms with Gasteiger partial charge in [0.15, 0.2) is 4.34 Å². The van der Waals surface area contributed by atoms with Crippen molar-refractivity contribution in [3.05, 3.63) is 82.9 Å². The highest BCUT2D eigenvalue weighted by Crippen LogP contribution is 2.31. The second-order valence-corrected chi connectivity index (χ2v) is 9.79. The van der Waals surface area contributed by atoms with E-state index >= 15 is 0 Å². The number of hydrogen-bond donors (Lipinski definition) is 2. The lowest BCUT2D eigenvalue weighted by Gasteiger charge is -2.10. The van der Waals surface area contributed by atoms with Crippen LogP contribution in [0.15, 0.2) is 65.0 Å². The summed E-state index contributed by atoms with van der Waals surface area (Å²) in [5, 5.41) is 5.96. The quantitative estimate of drug-likeness (QED) is 0.335. The van der Waals surface area contributed by atoms with Crippen molar-refractivity contribution in [1.82, 2.24) is 4.98 Å². The fourth-order valence-corrected chi connectivity index (χ4v) is 5.29. The van der Waals surface area contributed by atoms with Gasteiger partial charge >= 0.3 is 0 Å². The number of carbonyl (C=O) groups is 2. The molecule has 7 heteroatoms. The maximum atomic E-state index is 12.6. The average molecular weight is 462 g/mol. The molecule has 0 aliphatic carbocycles. The lowest BCUT2D eigenvalue weighted by molar-refractivity contribution is -0.113. The Morgan fingerprint density at radius 1 is 0.906 bits per heavy atom. The molecule has 32 heavy (non-hydrogen) atoms. The summed E-state index contributed by atoms with van der Waals surface area (Å²) in [4.78, 5) is 29.6. The number of amides is 2. The van der Waals surface area contributed by atoms with Gasteiger partial charge in [-0.25, -0.2) is 4.98 Å². The van der Waals surface area contributed by atoms with E-state index in [0.29, 0.717) is 5.56 Å². The minimum Gasteiger partial charge on any atom is -0.325 e. The number of fused-ring (bicyclic) bond motifs is 1. The van der Waals surface area contributed by atoms with E-state index in [1.807, 2.05) is 81.4 Å². The number of nitrogens with zero attached hydrogens (tertiary/aromatic N) is 1. The molecule has 4 aromatic rings. The molecular weight excluding hydrogens is 438 g/mol. The molecule has 1 heterocycles. The first-order chi connectivity index (χ1) is 15.4. The van der Waals surface area contributed by atoms with Crippen molar-refractivity contribution >= 4 is 56.5 Å². The molecule has 0 bridgehead atoms. The zero-order valence-electron chi connectivity index (χ0n) is 18.1. The fraction of sp³-hybridized carbons (Fsp3) is 0.160. The molecule has 4 rings (SSSR count). The molecule has 3 aromatic carbocycles. The SMILES string of the molecule is Cc1ccccc1C(=O)Nc1ccc2nc(SCC(=O)Nc3c(C)cccc3C)sc2c1. The van der Waals surface area contributed by atoms with Crippen LogP contribution in [0.25, 0.3) is 10.2 Å². The molecule has 0 spiro atoms. The van der Waals surface area contributed by atoms with E-state index in [-0.39, 0.29) is 17.6 Å². The van der Waals surface area contributed by atoms with E-state index in [1.165, 1.54) is 23.1 Å². The summed E-state index contributed by atoms with van der Waals surface area (Å²) in [6.07, 6.45) is 0. The van der Waals surface area contributed by atoms with Crippen LogP contribution in [0.2, 0.25) is 0 Å². The van der Waals surface area contributed by atoms with E-state index < -0.39 is 0 Å². The summed E-state index contributed by atoms with van der Waals surface area (Å²) >= 11 is 2.92. The predicted molar refractivity (Wildman–Crippen MR) is 134 cm³/mol. The van der Waals surface area contributed by atoms with Crippen molar-refractivity contribution in [1.29, 1.82) is 0 Å². The van der Waals surface area contributed by atoms with Gasteiger partial charge < -0.3 is 10.6 Å². The molecule has 0 saturated carbocycles. The first-order valence-electron chi connectivity index (χ1n) is 10.2. The molecule has 0 aliphatic heterocycles. The Morgan fingerprint density at radius 2 is 1.62 bits per heavy atom. The minimum absolute atomic E-state index is 0.0576. The van der Waals surface area contributed by atoms with Crippen molar-refractivity contribution in [2.45, 2.75) is 25.1 Å². The zero-order valence-corrected chi connectivity index (χ0v) is 19.7. The number of benzene rings is 3. The second kappa shape index (κ2) is 9.54. The van der Waals surface area contributed by atoms with Crippen LogP contribution in [0.3, 0.4) is 0 Å². The van der Waals surface area contributed by atoms with Crippen molar-refractivity contribution in [3.63, 3.8) is 0 Å². The Hall–Kier alpha value is -3.16. The summed E-state index contributed by atoms with van der Waals surface area (Å²) in [6.45, 7) is 5.89. The number of aromatic nitrogens is 1. The van der Waals surface area contributed by atoms with Crippen LogP contribution in [-0.4, -0.2) is 22.6 Å². The fourth-order valence-electron chi connectivity index (χ4n) is 3.38. The Kier molecular flexibility index (Phi) is 6.58. The molecule has 1 aromatic heterocycles. The smallest absolute Gasteiger partial charge is 0.255 e. The van der Waals surface area contributed by atoms with E-state index in [0.717, 1.165) is 42.6 Å². The number of aryl methyl sites for hydroxylation is 3. The van der Waals surface area contributed by atoms with E-state index in [1.54, 1.807) is 0 Å². The van der Waals surface area contributed by atoms with Crippen LogP contribution in [0.1, 0.15) is 27.0 Å². The number of thiazole rings is 1. The average Bonchev–Trinajstić information content (AvgIpc) is 3.17. The number of carbonyl (C=O) groups excluding carboxylic acids is 2. The first kappa shape index (κ1) is 22.0. The number of nitrogens with one attached hydrogen (secondary N) is 2. The summed E-state index contributed by atoms with van der Waals surface area (Å²) in [5.74, 6) is 0.0902. The van der Waals surface area contributed by atoms with Gasteiger partial charge in [0, 0.05) is 16.9 Å². The normalized spacial score (nSPS) is 10.8. The van der Waals surface area contributed by atoms with Crippen LogP contribution in [0, 0.1) is 20.8 Å². The molecule has 162 valence electrons. The van der Waals surface area contributed by atoms with Crippen LogP contribution < -0.4 is 10.6 Å². The van der Waals surface area contributed by atoms with Gasteiger partial charge in [0.25, 0.3) is 5.91 Å². The van der Waals surface area contributed by atoms with Gasteiger partial charge in [-0.1, -0.05) is 48.2 Å². The van der Waals surface area contributed by atoms with Crippen molar-refractivity contribution in [2.24, 2.45) is 0 Å². The molecule has 0 atom stereocenters. The summed E-state index contributed by atoms with van der Waals surface area (Å²) in [6, 6.07) is 19.1. The third kappa shape index (κ3) is 5.00. The van der Waals surface area contributed by atoms with Gasteiger partial charge in [-0.3, -0.25) is 9.59 Å². The van der Waals surface area contributed by atoms with Crippen LogP contribution >= 0.6 is 23.1 Å². The Balaban J connectivity index is 1.41. The molecule has 5 nitrogen and oxygen atoms in total. The molecule has 2 N–H and O–H groups in total. The number of anilines is 2. The Morgan fingerprint density at radius 3 is 2.38 bits per heavy atom. The van der Waals surface area contributed by atoms with E-state index in [4.69, 9.17) is 0 Å². The third-order valence-corrected chi connectivity index (χ3v) is 7.25. The van der Waals surface area contributed by atoms with Crippen LogP contribution in [0.4, 0.5) is 11.4 Å². The molecule has 0 saturated heterocycles. The minimum atomic E-state index is -0.135. The standard InChI is InChI=1S/C25H23N3O2S2/c1-15-7-4-5-10-19(15)24(30)26-18-11-12-20-21(13-18)32-25(27-20)31-14-22(29)28-23-16(2)8-6-9-17(23)3/h4-13H,14H2,1-3H3,(H,26,30)(H,28,29).